The first-order valence-corrected chi connectivity index (χ1v) is 20.6. The maximum absolute atomic E-state index is 12.4. The van der Waals surface area contributed by atoms with Crippen LogP contribution in [0, 0.1) is 21.7 Å². The Hall–Kier alpha value is -2.94. The molecule has 0 fully saturated rings. The lowest BCUT2D eigenvalue weighted by Gasteiger charge is -2.39. The smallest absolute Gasteiger partial charge is 0.123 e. The third-order valence-corrected chi connectivity index (χ3v) is 10.8. The van der Waals surface area contributed by atoms with Gasteiger partial charge in [0.1, 0.15) is 11.5 Å². The van der Waals surface area contributed by atoms with Gasteiger partial charge in [-0.15, -0.1) is 0 Å². The average molecular weight is 740 g/mol. The maximum atomic E-state index is 12.4. The molecule has 3 nitrogen and oxygen atoms in total. The van der Waals surface area contributed by atoms with E-state index in [1.807, 2.05) is 0 Å². The molecule has 0 aliphatic heterocycles. The normalized spacial score (nSPS) is 14.2. The van der Waals surface area contributed by atoms with Gasteiger partial charge in [0.15, 0.2) is 0 Å². The molecule has 0 aliphatic rings. The van der Waals surface area contributed by atoms with E-state index in [1.54, 1.807) is 0 Å². The van der Waals surface area contributed by atoms with E-state index < -0.39 is 0 Å². The van der Waals surface area contributed by atoms with Crippen LogP contribution in [0.3, 0.4) is 0 Å². The van der Waals surface area contributed by atoms with Crippen LogP contribution in [0.25, 0.3) is 0 Å². The molecular formula is C51H81NO2. The van der Waals surface area contributed by atoms with E-state index in [9.17, 15) is 10.2 Å². The average Bonchev–Trinajstić information content (AvgIpc) is 2.91. The Morgan fingerprint density at radius 3 is 0.870 bits per heavy atom. The zero-order valence-electron chi connectivity index (χ0n) is 38.5. The predicted molar refractivity (Wildman–Crippen MR) is 237 cm³/mol. The zero-order valence-corrected chi connectivity index (χ0v) is 38.5. The third kappa shape index (κ3) is 12.0. The molecule has 3 N–H and O–H groups in total. The van der Waals surface area contributed by atoms with Gasteiger partial charge >= 0.3 is 0 Å². The molecule has 3 aromatic rings. The number of phenolic OH excluding ortho intramolecular Hbond substituents is 2. The molecule has 0 unspecified atom stereocenters. The van der Waals surface area contributed by atoms with Crippen molar-refractivity contribution in [3.8, 4) is 11.5 Å². The molecule has 54 heavy (non-hydrogen) atoms. The van der Waals surface area contributed by atoms with Crippen molar-refractivity contribution in [2.75, 3.05) is 5.32 Å². The summed E-state index contributed by atoms with van der Waals surface area (Å²) >= 11 is 0. The Balaban J connectivity index is 2.58. The number of para-hydroxylation sites is 1. The van der Waals surface area contributed by atoms with E-state index in [2.05, 4.69) is 198 Å². The maximum Gasteiger partial charge on any atom is 0.123 e. The van der Waals surface area contributed by atoms with Crippen LogP contribution in [0.4, 0.5) is 5.69 Å². The molecule has 3 rings (SSSR count). The Labute approximate surface area is 333 Å². The first-order valence-electron chi connectivity index (χ1n) is 20.6. The van der Waals surface area contributed by atoms with Gasteiger partial charge in [0.05, 0.1) is 6.04 Å². The highest BCUT2D eigenvalue weighted by atomic mass is 16.3. The lowest BCUT2D eigenvalue weighted by atomic mass is 9.66. The molecule has 0 saturated carbocycles. The number of hydrogen-bond acceptors (Lipinski definition) is 3. The van der Waals surface area contributed by atoms with Gasteiger partial charge in [-0.3, -0.25) is 0 Å². The van der Waals surface area contributed by atoms with Crippen LogP contribution in [0.2, 0.25) is 0 Å². The fraction of sp³-hybridized carbons (Fsp3) is 0.647. The van der Waals surface area contributed by atoms with Crippen molar-refractivity contribution >= 4 is 5.69 Å². The topological polar surface area (TPSA) is 52.5 Å². The first kappa shape index (κ1) is 45.4. The highest BCUT2D eigenvalue weighted by Crippen LogP contribution is 2.51. The number of aromatic hydroxyl groups is 2. The van der Waals surface area contributed by atoms with Crippen molar-refractivity contribution in [3.05, 3.63) is 88.0 Å². The number of phenols is 2. The van der Waals surface area contributed by atoms with Gasteiger partial charge < -0.3 is 15.5 Å². The molecule has 0 aliphatic carbocycles. The lowest BCUT2D eigenvalue weighted by Crippen LogP contribution is -2.30. The van der Waals surface area contributed by atoms with E-state index in [4.69, 9.17) is 0 Å². The van der Waals surface area contributed by atoms with E-state index in [-0.39, 0.29) is 49.4 Å². The molecular weight excluding hydrogens is 659 g/mol. The molecule has 0 amide bonds. The van der Waals surface area contributed by atoms with Crippen LogP contribution in [0.5, 0.6) is 11.5 Å². The van der Waals surface area contributed by atoms with E-state index in [0.717, 1.165) is 64.8 Å². The Bertz CT molecular complexity index is 1520. The number of benzene rings is 3. The van der Waals surface area contributed by atoms with Crippen LogP contribution >= 0.6 is 0 Å². The Morgan fingerprint density at radius 1 is 0.407 bits per heavy atom. The molecule has 3 aromatic carbocycles. The van der Waals surface area contributed by atoms with Gasteiger partial charge in [-0.2, -0.15) is 0 Å². The number of rotatable bonds is 12. The first-order chi connectivity index (χ1) is 24.0. The quantitative estimate of drug-likeness (QED) is 0.173. The summed E-state index contributed by atoms with van der Waals surface area (Å²) in [7, 11) is 0. The van der Waals surface area contributed by atoms with Crippen LogP contribution in [0.1, 0.15) is 204 Å². The summed E-state index contributed by atoms with van der Waals surface area (Å²) in [6.45, 7) is 45.8. The van der Waals surface area contributed by atoms with Crippen LogP contribution in [-0.2, 0) is 21.7 Å². The van der Waals surface area contributed by atoms with Crippen molar-refractivity contribution in [2.45, 2.75) is 192 Å². The number of hydrogen-bond donors (Lipinski definition) is 3. The molecule has 0 atom stereocenters. The van der Waals surface area contributed by atoms with Crippen molar-refractivity contribution in [1.29, 1.82) is 0 Å². The predicted octanol–water partition coefficient (Wildman–Crippen LogP) is 15.2. The second-order valence-electron chi connectivity index (χ2n) is 24.4. The van der Waals surface area contributed by atoms with Crippen LogP contribution < -0.4 is 5.32 Å². The molecule has 0 spiro atoms. The molecule has 0 saturated heterocycles. The van der Waals surface area contributed by atoms with Crippen LogP contribution in [0.15, 0.2) is 54.6 Å². The SMILES string of the molecule is CC(C)(C)CC(C)(C)c1cc(C(Nc2ccccc2)c2cc(C(C)(C)CC(C)(C)C)c(O)c(C(C)(C)CC(C)(C)C)c2)cc(C(C)(C)CC(C)(C)C)c1O. The summed E-state index contributed by atoms with van der Waals surface area (Å²) in [5.41, 5.74) is 6.31. The molecule has 3 heteroatoms. The molecule has 302 valence electrons. The minimum Gasteiger partial charge on any atom is -0.507 e. The lowest BCUT2D eigenvalue weighted by molar-refractivity contribution is 0.267. The van der Waals surface area contributed by atoms with Crippen molar-refractivity contribution in [1.82, 2.24) is 0 Å². The fourth-order valence-corrected chi connectivity index (χ4v) is 10.5. The van der Waals surface area contributed by atoms with E-state index >= 15 is 0 Å². The molecule has 0 bridgehead atoms. The highest BCUT2D eigenvalue weighted by molar-refractivity contribution is 5.59. The van der Waals surface area contributed by atoms with Gasteiger partial charge in [-0.05, 0) is 117 Å². The molecule has 0 aromatic heterocycles. The van der Waals surface area contributed by atoms with Gasteiger partial charge in [0.25, 0.3) is 0 Å². The summed E-state index contributed by atoms with van der Waals surface area (Å²) in [6, 6.07) is 19.4. The Kier molecular flexibility index (Phi) is 12.8. The van der Waals surface area contributed by atoms with Crippen molar-refractivity contribution in [3.63, 3.8) is 0 Å². The third-order valence-electron chi connectivity index (χ3n) is 10.8. The monoisotopic (exact) mass is 740 g/mol. The number of anilines is 1. The summed E-state index contributed by atoms with van der Waals surface area (Å²) in [5.74, 6) is 0.843. The van der Waals surface area contributed by atoms with E-state index in [0.29, 0.717) is 11.5 Å². The highest BCUT2D eigenvalue weighted by Gasteiger charge is 2.39. The Morgan fingerprint density at radius 2 is 0.648 bits per heavy atom. The standard InChI is InChI=1S/C51H81NO2/c1-44(2,3)30-48(13,14)37-26-34(27-38(42(37)53)49(15,16)31-45(4,5)6)41(52-36-24-22-21-23-25-36)35-28-39(50(17,18)32-46(7,8)9)43(54)40(29-35)51(19,20)33-47(10,11)12/h21-29,41,52-54H,30-33H2,1-20H3. The molecule has 0 heterocycles. The van der Waals surface area contributed by atoms with Crippen LogP contribution in [-0.4, -0.2) is 10.2 Å². The summed E-state index contributed by atoms with van der Waals surface area (Å²) in [4.78, 5) is 0. The largest absolute Gasteiger partial charge is 0.507 e. The summed E-state index contributed by atoms with van der Waals surface area (Å²) < 4.78 is 0. The minimum atomic E-state index is -0.295. The minimum absolute atomic E-state index is 0.0623. The second-order valence-corrected chi connectivity index (χ2v) is 24.4. The molecule has 0 radical (unpaired) electrons. The van der Waals surface area contributed by atoms with Crippen molar-refractivity contribution < 1.29 is 10.2 Å². The van der Waals surface area contributed by atoms with E-state index in [1.165, 1.54) is 0 Å². The van der Waals surface area contributed by atoms with Gasteiger partial charge in [0.2, 0.25) is 0 Å². The fourth-order valence-electron chi connectivity index (χ4n) is 10.5. The van der Waals surface area contributed by atoms with Gasteiger partial charge in [-0.1, -0.05) is 157 Å². The summed E-state index contributed by atoms with van der Waals surface area (Å²) in [6.07, 6.45) is 3.68. The van der Waals surface area contributed by atoms with Crippen molar-refractivity contribution in [2.24, 2.45) is 21.7 Å². The number of nitrogens with one attached hydrogen (secondary N) is 1. The van der Waals surface area contributed by atoms with Gasteiger partial charge in [0, 0.05) is 27.9 Å². The second kappa shape index (κ2) is 15.2. The zero-order chi connectivity index (χ0) is 41.7. The van der Waals surface area contributed by atoms with Gasteiger partial charge in [-0.25, -0.2) is 0 Å². The summed E-state index contributed by atoms with van der Waals surface area (Å²) in [5, 5.41) is 28.8.